The van der Waals surface area contributed by atoms with E-state index in [1.54, 1.807) is 12.1 Å². The highest BCUT2D eigenvalue weighted by Crippen LogP contribution is 2.47. The van der Waals surface area contributed by atoms with Crippen LogP contribution in [0.4, 0.5) is 0 Å². The molecule has 0 saturated heterocycles. The lowest BCUT2D eigenvalue weighted by atomic mass is 10.1. The molecule has 0 radical (unpaired) electrons. The van der Waals surface area contributed by atoms with Crippen LogP contribution in [-0.4, -0.2) is 0 Å². The molecule has 0 spiro atoms. The smallest absolute Gasteiger partial charge is 0.0648 e. The van der Waals surface area contributed by atoms with Crippen LogP contribution < -0.4 is 0 Å². The third kappa shape index (κ3) is 3.08. The maximum absolute atomic E-state index is 6.23. The van der Waals surface area contributed by atoms with Crippen LogP contribution in [0.25, 0.3) is 11.1 Å². The fraction of sp³-hybridized carbons (Fsp3) is 0. The van der Waals surface area contributed by atoms with Gasteiger partial charge in [0, 0.05) is 21.0 Å². The second-order valence-electron chi connectivity index (χ2n) is 3.62. The number of rotatable bonds is 1. The molecule has 2 rings (SSSR count). The molecular weight excluding hydrogens is 389 g/mol. The van der Waals surface area contributed by atoms with Gasteiger partial charge in [-0.15, -0.1) is 12.6 Å². The Balaban J connectivity index is 2.84. The molecule has 19 heavy (non-hydrogen) atoms. The van der Waals surface area contributed by atoms with Gasteiger partial charge in [0.2, 0.25) is 0 Å². The van der Waals surface area contributed by atoms with Gasteiger partial charge in [0.25, 0.3) is 0 Å². The molecular formula is C12H4Cl6S. The summed E-state index contributed by atoms with van der Waals surface area (Å²) in [6, 6.07) is 4.65. The number of benzene rings is 2. The van der Waals surface area contributed by atoms with Gasteiger partial charge in [0.05, 0.1) is 25.1 Å². The fourth-order valence-corrected chi connectivity index (χ4v) is 3.72. The lowest BCUT2D eigenvalue weighted by Crippen LogP contribution is -1.88. The van der Waals surface area contributed by atoms with Gasteiger partial charge in [0.15, 0.2) is 0 Å². The van der Waals surface area contributed by atoms with Crippen molar-refractivity contribution in [2.24, 2.45) is 0 Å². The Labute approximate surface area is 145 Å². The quantitative estimate of drug-likeness (QED) is 0.475. The van der Waals surface area contributed by atoms with Gasteiger partial charge in [0.1, 0.15) is 0 Å². The summed E-state index contributed by atoms with van der Waals surface area (Å²) in [6.45, 7) is 0. The highest BCUT2D eigenvalue weighted by molar-refractivity contribution is 7.80. The van der Waals surface area contributed by atoms with E-state index in [0.29, 0.717) is 41.1 Å². The average Bonchev–Trinajstić information content (AvgIpc) is 2.29. The van der Waals surface area contributed by atoms with Crippen molar-refractivity contribution >= 4 is 82.2 Å². The molecule has 0 aliphatic heterocycles. The van der Waals surface area contributed by atoms with E-state index in [1.807, 2.05) is 0 Å². The first-order valence-electron chi connectivity index (χ1n) is 4.84. The molecule has 0 N–H and O–H groups in total. The highest BCUT2D eigenvalue weighted by atomic mass is 35.5. The minimum absolute atomic E-state index is 0.284. The number of thiol groups is 1. The van der Waals surface area contributed by atoms with Gasteiger partial charge in [-0.1, -0.05) is 69.6 Å². The lowest BCUT2D eigenvalue weighted by Gasteiger charge is -2.14. The third-order valence-corrected chi connectivity index (χ3v) is 4.92. The van der Waals surface area contributed by atoms with E-state index in [0.717, 1.165) is 0 Å². The van der Waals surface area contributed by atoms with E-state index in [-0.39, 0.29) is 5.02 Å². The number of halogens is 6. The summed E-state index contributed by atoms with van der Waals surface area (Å²) in [4.78, 5) is 0.407. The Morgan fingerprint density at radius 3 is 1.63 bits per heavy atom. The molecule has 2 aromatic rings. The summed E-state index contributed by atoms with van der Waals surface area (Å²) in [5.41, 5.74) is 0.971. The molecule has 0 aromatic heterocycles. The summed E-state index contributed by atoms with van der Waals surface area (Å²) in [5, 5.41) is 2.08. The number of hydrogen-bond acceptors (Lipinski definition) is 1. The van der Waals surface area contributed by atoms with Gasteiger partial charge in [-0.2, -0.15) is 0 Å². The second-order valence-corrected chi connectivity index (χ2v) is 6.51. The van der Waals surface area contributed by atoms with Crippen molar-refractivity contribution in [1.82, 2.24) is 0 Å². The zero-order chi connectivity index (χ0) is 14.3. The molecule has 0 aliphatic carbocycles. The van der Waals surface area contributed by atoms with Gasteiger partial charge in [-0.3, -0.25) is 0 Å². The molecule has 0 bridgehead atoms. The van der Waals surface area contributed by atoms with Crippen molar-refractivity contribution in [3.8, 4) is 11.1 Å². The SMILES string of the molecule is Sc1c(Cl)cc(Cl)c(-c2c(Cl)cc(Cl)cc2Cl)c1Cl. The van der Waals surface area contributed by atoms with E-state index in [1.165, 1.54) is 6.07 Å². The van der Waals surface area contributed by atoms with Crippen LogP contribution in [0.3, 0.4) is 0 Å². The van der Waals surface area contributed by atoms with Crippen molar-refractivity contribution in [3.63, 3.8) is 0 Å². The van der Waals surface area contributed by atoms with Crippen LogP contribution in [0.2, 0.25) is 30.1 Å². The first kappa shape index (κ1) is 15.9. The Hall–Kier alpha value is 0.530. The summed E-state index contributed by atoms with van der Waals surface area (Å²) in [5.74, 6) is 0. The Bertz CT molecular complexity index is 645. The van der Waals surface area contributed by atoms with Crippen LogP contribution in [0.5, 0.6) is 0 Å². The third-order valence-electron chi connectivity index (χ3n) is 2.40. The van der Waals surface area contributed by atoms with Crippen LogP contribution in [0.15, 0.2) is 23.1 Å². The van der Waals surface area contributed by atoms with Crippen molar-refractivity contribution < 1.29 is 0 Å². The molecule has 2 aromatic carbocycles. The topological polar surface area (TPSA) is 0 Å². The van der Waals surface area contributed by atoms with Crippen LogP contribution in [0, 0.1) is 0 Å². The molecule has 0 nitrogen and oxygen atoms in total. The van der Waals surface area contributed by atoms with Crippen molar-refractivity contribution in [1.29, 1.82) is 0 Å². The van der Waals surface area contributed by atoms with Gasteiger partial charge >= 0.3 is 0 Å². The molecule has 100 valence electrons. The van der Waals surface area contributed by atoms with Gasteiger partial charge in [-0.05, 0) is 18.2 Å². The second kappa shape index (κ2) is 6.11. The summed E-state index contributed by atoms with van der Waals surface area (Å²) < 4.78 is 0. The van der Waals surface area contributed by atoms with E-state index in [9.17, 15) is 0 Å². The Kier molecular flexibility index (Phi) is 5.12. The Morgan fingerprint density at radius 1 is 0.632 bits per heavy atom. The van der Waals surface area contributed by atoms with E-state index in [4.69, 9.17) is 69.6 Å². The molecule has 0 saturated carbocycles. The molecule has 0 fully saturated rings. The van der Waals surface area contributed by atoms with Crippen molar-refractivity contribution in [2.75, 3.05) is 0 Å². The van der Waals surface area contributed by atoms with Crippen LogP contribution in [-0.2, 0) is 0 Å². The predicted molar refractivity (Wildman–Crippen MR) is 89.2 cm³/mol. The van der Waals surface area contributed by atoms with E-state index in [2.05, 4.69) is 12.6 Å². The van der Waals surface area contributed by atoms with E-state index < -0.39 is 0 Å². The molecule has 7 heteroatoms. The average molecular weight is 393 g/mol. The van der Waals surface area contributed by atoms with Crippen LogP contribution in [0.1, 0.15) is 0 Å². The summed E-state index contributed by atoms with van der Waals surface area (Å²) in [7, 11) is 0. The maximum atomic E-state index is 6.23. The molecule has 0 unspecified atom stereocenters. The zero-order valence-corrected chi connectivity index (χ0v) is 14.4. The van der Waals surface area contributed by atoms with Gasteiger partial charge in [-0.25, -0.2) is 0 Å². The molecule has 0 aliphatic rings. The summed E-state index contributed by atoms with van der Waals surface area (Å²) >= 11 is 40.8. The van der Waals surface area contributed by atoms with Crippen molar-refractivity contribution in [3.05, 3.63) is 48.3 Å². The summed E-state index contributed by atoms with van der Waals surface area (Å²) in [6.07, 6.45) is 0. The zero-order valence-electron chi connectivity index (χ0n) is 8.95. The predicted octanol–water partition coefficient (Wildman–Crippen LogP) is 7.56. The lowest BCUT2D eigenvalue weighted by molar-refractivity contribution is 1.46. The highest BCUT2D eigenvalue weighted by Gasteiger charge is 2.19. The minimum atomic E-state index is 0.284. The molecule has 0 amide bonds. The Morgan fingerprint density at radius 2 is 1.11 bits per heavy atom. The van der Waals surface area contributed by atoms with Gasteiger partial charge < -0.3 is 0 Å². The standard InChI is InChI=1S/C12H4Cl6S/c13-4-1-5(14)9(6(15)2-4)10-7(16)3-8(17)12(19)11(10)18/h1-3,19H. The minimum Gasteiger partial charge on any atom is -0.140 e. The van der Waals surface area contributed by atoms with Crippen LogP contribution >= 0.6 is 82.2 Å². The largest absolute Gasteiger partial charge is 0.140 e. The van der Waals surface area contributed by atoms with E-state index >= 15 is 0 Å². The normalized spacial score (nSPS) is 10.9. The van der Waals surface area contributed by atoms with Crippen molar-refractivity contribution in [2.45, 2.75) is 4.90 Å². The monoisotopic (exact) mass is 390 g/mol. The maximum Gasteiger partial charge on any atom is 0.0648 e. The first-order chi connectivity index (χ1) is 8.82. The fourth-order valence-electron chi connectivity index (χ4n) is 1.59. The first-order valence-corrected chi connectivity index (χ1v) is 7.55. The number of hydrogen-bond donors (Lipinski definition) is 1. The molecule has 0 atom stereocenters. The molecule has 0 heterocycles.